The van der Waals surface area contributed by atoms with Crippen LogP contribution in [0.2, 0.25) is 0 Å². The Morgan fingerprint density at radius 3 is 3.14 bits per heavy atom. The summed E-state index contributed by atoms with van der Waals surface area (Å²) in [6.07, 6.45) is 2.69. The molecule has 4 heteroatoms. The second-order valence-corrected chi connectivity index (χ2v) is 4.27. The van der Waals surface area contributed by atoms with Gasteiger partial charge in [0, 0.05) is 6.54 Å². The summed E-state index contributed by atoms with van der Waals surface area (Å²) in [6, 6.07) is 3.82. The van der Waals surface area contributed by atoms with Gasteiger partial charge in [0.15, 0.2) is 4.67 Å². The molecule has 0 amide bonds. The molecule has 0 unspecified atom stereocenters. The van der Waals surface area contributed by atoms with Crippen molar-refractivity contribution >= 4 is 15.9 Å². The minimum atomic E-state index is 0.340. The number of piperidine rings is 1. The minimum absolute atomic E-state index is 0.340. The quantitative estimate of drug-likeness (QED) is 0.905. The van der Waals surface area contributed by atoms with E-state index in [4.69, 9.17) is 9.15 Å². The van der Waals surface area contributed by atoms with Gasteiger partial charge < -0.3 is 14.5 Å². The molecular weight excluding hydrogens is 246 g/mol. The van der Waals surface area contributed by atoms with Crippen LogP contribution in [0.4, 0.5) is 0 Å². The van der Waals surface area contributed by atoms with Gasteiger partial charge in [-0.3, -0.25) is 0 Å². The van der Waals surface area contributed by atoms with Gasteiger partial charge in [-0.1, -0.05) is 0 Å². The van der Waals surface area contributed by atoms with Crippen LogP contribution >= 0.6 is 15.9 Å². The molecule has 1 aromatic heterocycles. The fraction of sp³-hybridized carbons (Fsp3) is 0.600. The maximum absolute atomic E-state index is 5.71. The van der Waals surface area contributed by atoms with Crippen molar-refractivity contribution in [1.82, 2.24) is 5.32 Å². The topological polar surface area (TPSA) is 34.4 Å². The standard InChI is InChI=1S/C10H14BrNO2/c11-10-4-3-9(14-10)7-13-8-2-1-5-12-6-8/h3-4,8,12H,1-2,5-7H2/t8-/m0/s1. The Labute approximate surface area is 91.9 Å². The van der Waals surface area contributed by atoms with E-state index >= 15 is 0 Å². The Morgan fingerprint density at radius 1 is 1.57 bits per heavy atom. The van der Waals surface area contributed by atoms with Gasteiger partial charge in [-0.25, -0.2) is 0 Å². The molecule has 0 saturated carbocycles. The van der Waals surface area contributed by atoms with E-state index in [2.05, 4.69) is 21.2 Å². The second kappa shape index (κ2) is 4.96. The molecular formula is C10H14BrNO2. The van der Waals surface area contributed by atoms with Gasteiger partial charge in [-0.15, -0.1) is 0 Å². The van der Waals surface area contributed by atoms with Gasteiger partial charge in [0.25, 0.3) is 0 Å². The zero-order chi connectivity index (χ0) is 9.80. The van der Waals surface area contributed by atoms with Crippen molar-refractivity contribution in [3.05, 3.63) is 22.6 Å². The molecule has 0 bridgehead atoms. The van der Waals surface area contributed by atoms with Crippen molar-refractivity contribution in [3.8, 4) is 0 Å². The van der Waals surface area contributed by atoms with Crippen molar-refractivity contribution < 1.29 is 9.15 Å². The fourth-order valence-electron chi connectivity index (χ4n) is 1.59. The highest BCUT2D eigenvalue weighted by Crippen LogP contribution is 2.16. The third-order valence-electron chi connectivity index (χ3n) is 2.34. The Hall–Kier alpha value is -0.320. The van der Waals surface area contributed by atoms with Crippen molar-refractivity contribution in [3.63, 3.8) is 0 Å². The molecule has 1 saturated heterocycles. The molecule has 2 heterocycles. The van der Waals surface area contributed by atoms with Crippen LogP contribution in [0.1, 0.15) is 18.6 Å². The predicted octanol–water partition coefficient (Wildman–Crippen LogP) is 2.31. The highest BCUT2D eigenvalue weighted by atomic mass is 79.9. The van der Waals surface area contributed by atoms with Crippen LogP contribution in [-0.4, -0.2) is 19.2 Å². The number of rotatable bonds is 3. The van der Waals surface area contributed by atoms with Crippen LogP contribution in [0.5, 0.6) is 0 Å². The van der Waals surface area contributed by atoms with Gasteiger partial charge in [-0.05, 0) is 47.4 Å². The van der Waals surface area contributed by atoms with E-state index in [1.165, 1.54) is 6.42 Å². The van der Waals surface area contributed by atoms with Crippen molar-refractivity contribution in [2.75, 3.05) is 13.1 Å². The summed E-state index contributed by atoms with van der Waals surface area (Å²) in [6.45, 7) is 2.64. The lowest BCUT2D eigenvalue weighted by atomic mass is 10.1. The van der Waals surface area contributed by atoms with E-state index < -0.39 is 0 Å². The van der Waals surface area contributed by atoms with Gasteiger partial charge >= 0.3 is 0 Å². The molecule has 78 valence electrons. The van der Waals surface area contributed by atoms with Crippen molar-refractivity contribution in [2.45, 2.75) is 25.6 Å². The van der Waals surface area contributed by atoms with E-state index in [0.29, 0.717) is 12.7 Å². The third kappa shape index (κ3) is 2.83. The maximum Gasteiger partial charge on any atom is 0.169 e. The summed E-state index contributed by atoms with van der Waals surface area (Å²) in [7, 11) is 0. The minimum Gasteiger partial charge on any atom is -0.452 e. The summed E-state index contributed by atoms with van der Waals surface area (Å²) in [4.78, 5) is 0. The van der Waals surface area contributed by atoms with Crippen LogP contribution in [-0.2, 0) is 11.3 Å². The Morgan fingerprint density at radius 2 is 2.50 bits per heavy atom. The van der Waals surface area contributed by atoms with Crippen LogP contribution < -0.4 is 5.32 Å². The molecule has 1 atom stereocenters. The second-order valence-electron chi connectivity index (χ2n) is 3.49. The molecule has 14 heavy (non-hydrogen) atoms. The van der Waals surface area contributed by atoms with Crippen LogP contribution in [0.15, 0.2) is 21.2 Å². The predicted molar refractivity (Wildman–Crippen MR) is 57.1 cm³/mol. The number of hydrogen-bond acceptors (Lipinski definition) is 3. The summed E-state index contributed by atoms with van der Waals surface area (Å²) in [5.74, 6) is 0.877. The zero-order valence-corrected chi connectivity index (χ0v) is 9.55. The molecule has 1 fully saturated rings. The molecule has 2 rings (SSSR count). The lowest BCUT2D eigenvalue weighted by Crippen LogP contribution is -2.35. The molecule has 0 aromatic carbocycles. The first kappa shape index (κ1) is 10.2. The summed E-state index contributed by atoms with van der Waals surface area (Å²) < 4.78 is 11.8. The fourth-order valence-corrected chi connectivity index (χ4v) is 1.93. The highest BCUT2D eigenvalue weighted by Gasteiger charge is 2.13. The first-order valence-electron chi connectivity index (χ1n) is 4.91. The van der Waals surface area contributed by atoms with Crippen LogP contribution in [0.3, 0.4) is 0 Å². The first-order chi connectivity index (χ1) is 6.84. The Kier molecular flexibility index (Phi) is 3.61. The average molecular weight is 260 g/mol. The third-order valence-corrected chi connectivity index (χ3v) is 2.77. The van der Waals surface area contributed by atoms with E-state index in [0.717, 1.165) is 29.9 Å². The Bertz CT molecular complexity index is 281. The largest absolute Gasteiger partial charge is 0.452 e. The molecule has 0 spiro atoms. The zero-order valence-electron chi connectivity index (χ0n) is 7.96. The number of nitrogens with one attached hydrogen (secondary N) is 1. The van der Waals surface area contributed by atoms with Crippen molar-refractivity contribution in [1.29, 1.82) is 0 Å². The van der Waals surface area contributed by atoms with Crippen LogP contribution in [0.25, 0.3) is 0 Å². The van der Waals surface area contributed by atoms with E-state index in [1.807, 2.05) is 12.1 Å². The number of furan rings is 1. The molecule has 0 radical (unpaired) electrons. The molecule has 3 nitrogen and oxygen atoms in total. The maximum atomic E-state index is 5.71. The molecule has 0 aliphatic carbocycles. The number of ether oxygens (including phenoxy) is 1. The summed E-state index contributed by atoms with van der Waals surface area (Å²) in [5.41, 5.74) is 0. The number of halogens is 1. The summed E-state index contributed by atoms with van der Waals surface area (Å²) >= 11 is 3.26. The van der Waals surface area contributed by atoms with Crippen LogP contribution in [0, 0.1) is 0 Å². The lowest BCUT2D eigenvalue weighted by Gasteiger charge is -2.22. The Balaban J connectivity index is 1.76. The van der Waals surface area contributed by atoms with E-state index in [-0.39, 0.29) is 0 Å². The molecule has 1 N–H and O–H groups in total. The lowest BCUT2D eigenvalue weighted by molar-refractivity contribution is 0.0165. The van der Waals surface area contributed by atoms with Gasteiger partial charge in [-0.2, -0.15) is 0 Å². The smallest absolute Gasteiger partial charge is 0.169 e. The van der Waals surface area contributed by atoms with E-state index in [1.54, 1.807) is 0 Å². The first-order valence-corrected chi connectivity index (χ1v) is 5.70. The van der Waals surface area contributed by atoms with Gasteiger partial charge in [0.1, 0.15) is 12.4 Å². The van der Waals surface area contributed by atoms with Gasteiger partial charge in [0.05, 0.1) is 6.10 Å². The average Bonchev–Trinajstić information content (AvgIpc) is 2.63. The highest BCUT2D eigenvalue weighted by molar-refractivity contribution is 9.10. The van der Waals surface area contributed by atoms with E-state index in [9.17, 15) is 0 Å². The molecule has 1 aliphatic heterocycles. The molecule has 1 aromatic rings. The SMILES string of the molecule is Brc1ccc(CO[C@H]2CCCNC2)o1. The summed E-state index contributed by atoms with van der Waals surface area (Å²) in [5, 5.41) is 3.31. The normalized spacial score (nSPS) is 22.5. The molecule has 1 aliphatic rings. The monoisotopic (exact) mass is 259 g/mol. The number of hydrogen-bond donors (Lipinski definition) is 1. The van der Waals surface area contributed by atoms with Crippen molar-refractivity contribution in [2.24, 2.45) is 0 Å². The van der Waals surface area contributed by atoms with Gasteiger partial charge in [0.2, 0.25) is 0 Å².